The van der Waals surface area contributed by atoms with E-state index in [2.05, 4.69) is 63.5 Å². The van der Waals surface area contributed by atoms with E-state index in [1.54, 1.807) is 98.8 Å². The van der Waals surface area contributed by atoms with E-state index in [4.69, 9.17) is 34.4 Å². The van der Waals surface area contributed by atoms with Crippen LogP contribution in [0.5, 0.6) is 5.75 Å². The van der Waals surface area contributed by atoms with Crippen molar-refractivity contribution in [1.82, 2.24) is 68.4 Å². The molecule has 115 heavy (non-hydrogen) atoms. The van der Waals surface area contributed by atoms with Crippen LogP contribution in [0.2, 0.25) is 0 Å². The van der Waals surface area contributed by atoms with E-state index in [1.165, 1.54) is 35.4 Å². The number of aliphatic hydroxyl groups excluding tert-OH is 1. The number of aromatic hydroxyl groups is 1. The monoisotopic (exact) mass is 1600 g/mol. The van der Waals surface area contributed by atoms with Gasteiger partial charge in [0.2, 0.25) is 94.5 Å². The number of amides is 16. The van der Waals surface area contributed by atoms with E-state index >= 15 is 0 Å². The molecule has 6 rings (SSSR count). The number of nitrogens with two attached hydrogens (primary N) is 6. The molecule has 1 fully saturated rings. The van der Waals surface area contributed by atoms with Crippen LogP contribution in [0.1, 0.15) is 114 Å². The van der Waals surface area contributed by atoms with E-state index in [0.717, 1.165) is 0 Å². The third-order valence-corrected chi connectivity index (χ3v) is 18.8. The fourth-order valence-corrected chi connectivity index (χ4v) is 12.9. The van der Waals surface area contributed by atoms with Crippen molar-refractivity contribution in [3.8, 4) is 5.75 Å². The molecule has 5 aromatic rings. The number of hydrogen-bond acceptors (Lipinski definition) is 20. The van der Waals surface area contributed by atoms with E-state index in [0.29, 0.717) is 53.3 Å². The number of aromatic nitrogens is 1. The first kappa shape index (κ1) is 91.5. The van der Waals surface area contributed by atoms with Gasteiger partial charge in [-0.15, -0.1) is 0 Å². The zero-order valence-corrected chi connectivity index (χ0v) is 64.6. The van der Waals surface area contributed by atoms with Crippen molar-refractivity contribution in [1.29, 1.82) is 0 Å². The number of aromatic amines is 1. The van der Waals surface area contributed by atoms with Gasteiger partial charge in [-0.3, -0.25) is 76.7 Å². The molecule has 0 unspecified atom stereocenters. The Labute approximate surface area is 663 Å². The molecule has 0 radical (unpaired) electrons. The standard InChI is InChI=1S/C78H107N19O18/c1-42(2)30-50(80)78(115)97-29-15-23-62(97)77(114)95-60(38-65(83)102)74(111)91-56(34-46-24-26-48(99)27-25-46)71(108)93-58(36-63(81)100)73(110)92-57(35-47-39-85-51-21-12-11-20-49(47)51)72(109)94-59(37-64(82)101)75(112)96-61(41-98)76(113)90-55(33-45-18-9-6-10-19-45)68(105)86-40-66(103)87-54(31-43(3)4)70(107)88-52(22-13-14-28-79)69(106)89-53(67(84)104)32-44-16-7-5-8-17-44/h5-12,16-21,24-27,39,42-43,50,52-62,85,98-99H,13-15,22-23,28-38,40-41,79-80H2,1-4H3,(H2,81,100)(H2,82,101)(H2,83,102)(H2,84,104)(H,86,105)(H,87,103)(H,88,107)(H,89,106)(H,90,113)(H,91,111)(H,92,110)(H,93,108)(H,94,109)(H,95,114)(H,96,112)/t50-,52-,53-,54-,55-,56-,57-,58-,59-,60-,61-,62-/m0/s1. The molecule has 16 amide bonds. The van der Waals surface area contributed by atoms with Crippen molar-refractivity contribution < 1.29 is 86.9 Å². The summed E-state index contributed by atoms with van der Waals surface area (Å²) in [5.41, 5.74) is 36.9. The number of likely N-dealkylation sites (tertiary alicyclic amines) is 1. The van der Waals surface area contributed by atoms with Gasteiger partial charge >= 0.3 is 0 Å². The van der Waals surface area contributed by atoms with Crippen LogP contribution >= 0.6 is 0 Å². The average Bonchev–Trinajstić information content (AvgIpc) is 1.74. The fourth-order valence-electron chi connectivity index (χ4n) is 12.9. The van der Waals surface area contributed by atoms with Crippen LogP contribution in [0.4, 0.5) is 0 Å². The molecule has 12 atom stereocenters. The number of phenols is 1. The summed E-state index contributed by atoms with van der Waals surface area (Å²) >= 11 is 0. The third-order valence-electron chi connectivity index (χ3n) is 18.8. The van der Waals surface area contributed by atoms with Gasteiger partial charge in [-0.25, -0.2) is 0 Å². The number of unbranched alkanes of at least 4 members (excludes halogenated alkanes) is 1. The summed E-state index contributed by atoms with van der Waals surface area (Å²) in [6.07, 6.45) is -0.478. The van der Waals surface area contributed by atoms with Crippen LogP contribution in [0.3, 0.4) is 0 Å². The molecule has 622 valence electrons. The van der Waals surface area contributed by atoms with Crippen molar-refractivity contribution in [2.75, 3.05) is 26.2 Å². The van der Waals surface area contributed by atoms with E-state index in [-0.39, 0.29) is 68.3 Å². The topological polar surface area (TPSA) is 621 Å². The minimum absolute atomic E-state index is 0.0339. The molecule has 0 bridgehead atoms. The van der Waals surface area contributed by atoms with Gasteiger partial charge in [-0.1, -0.05) is 119 Å². The van der Waals surface area contributed by atoms with Gasteiger partial charge in [0.1, 0.15) is 72.2 Å². The molecule has 0 spiro atoms. The second-order valence-electron chi connectivity index (χ2n) is 29.1. The van der Waals surface area contributed by atoms with Crippen molar-refractivity contribution in [2.45, 2.75) is 190 Å². The first-order chi connectivity index (χ1) is 54.6. The van der Waals surface area contributed by atoms with Gasteiger partial charge in [-0.2, -0.15) is 0 Å². The quantitative estimate of drug-likeness (QED) is 0.0164. The number of aliphatic hydroxyl groups is 1. The Morgan fingerprint density at radius 3 is 1.41 bits per heavy atom. The summed E-state index contributed by atoms with van der Waals surface area (Å²) in [5, 5.41) is 48.6. The summed E-state index contributed by atoms with van der Waals surface area (Å²) in [6.45, 7) is 5.75. The first-order valence-electron chi connectivity index (χ1n) is 37.9. The minimum atomic E-state index is -2.02. The zero-order valence-electron chi connectivity index (χ0n) is 64.6. The molecule has 1 aliphatic heterocycles. The predicted octanol–water partition coefficient (Wildman–Crippen LogP) is -4.25. The Bertz CT molecular complexity index is 4220. The number of benzene rings is 4. The number of hydrogen-bond donors (Lipinski definition) is 20. The number of H-pyrrole nitrogens is 1. The van der Waals surface area contributed by atoms with Crippen LogP contribution in [-0.4, -0.2) is 213 Å². The van der Waals surface area contributed by atoms with Gasteiger partial charge in [0.15, 0.2) is 0 Å². The number of phenolic OH excluding ortho intramolecular Hbond substituents is 1. The lowest BCUT2D eigenvalue weighted by Gasteiger charge is -2.29. The van der Waals surface area contributed by atoms with Crippen molar-refractivity contribution in [2.24, 2.45) is 46.2 Å². The van der Waals surface area contributed by atoms with Gasteiger partial charge < -0.3 is 113 Å². The predicted molar refractivity (Wildman–Crippen MR) is 419 cm³/mol. The lowest BCUT2D eigenvalue weighted by atomic mass is 10.0. The molecule has 4 aromatic carbocycles. The van der Waals surface area contributed by atoms with Crippen molar-refractivity contribution in [3.05, 3.63) is 138 Å². The molecule has 37 heteroatoms. The highest BCUT2D eigenvalue weighted by atomic mass is 16.3. The zero-order chi connectivity index (χ0) is 84.6. The molecule has 1 aromatic heterocycles. The highest BCUT2D eigenvalue weighted by Gasteiger charge is 2.41. The second-order valence-corrected chi connectivity index (χ2v) is 29.1. The molecular weight excluding hydrogens is 1490 g/mol. The first-order valence-corrected chi connectivity index (χ1v) is 37.9. The Hall–Kier alpha value is -12.4. The molecule has 26 N–H and O–H groups in total. The maximum Gasteiger partial charge on any atom is 0.245 e. The summed E-state index contributed by atoms with van der Waals surface area (Å²) < 4.78 is 0. The number of nitrogens with zero attached hydrogens (tertiary/aromatic N) is 1. The number of carbonyl (C=O) groups excluding carboxylic acids is 16. The molecule has 2 heterocycles. The summed E-state index contributed by atoms with van der Waals surface area (Å²) in [5.74, 6) is -16.7. The van der Waals surface area contributed by atoms with Gasteiger partial charge in [0.25, 0.3) is 0 Å². The van der Waals surface area contributed by atoms with Crippen molar-refractivity contribution >= 4 is 105 Å². The summed E-state index contributed by atoms with van der Waals surface area (Å²) in [7, 11) is 0. The fraction of sp³-hybridized carbons (Fsp3) is 0.462. The molecule has 37 nitrogen and oxygen atoms in total. The van der Waals surface area contributed by atoms with Crippen LogP contribution in [0, 0.1) is 11.8 Å². The SMILES string of the molecule is CC(C)C[C@H](NC(=O)CNC(=O)[C@H](Cc1ccccc1)NC(=O)[C@H](CO)NC(=O)[C@H](CC(N)=O)NC(=O)[C@H](Cc1c[nH]c2ccccc12)NC(=O)[C@H](CC(N)=O)NC(=O)[C@H](Cc1ccc(O)cc1)NC(=O)[C@H](CC(N)=O)NC(=O)[C@@H]1CCCN1C(=O)[C@@H](N)CC(C)C)C(=O)N[C@@H](CCCCN)C(=O)N[C@@H](Cc1ccccc1)C(N)=O. The number of primary amides is 4. The normalized spacial score (nSPS) is 15.4. The Morgan fingerprint density at radius 2 is 0.896 bits per heavy atom. The Kier molecular flexibility index (Phi) is 36.1. The van der Waals surface area contributed by atoms with Crippen molar-refractivity contribution in [3.63, 3.8) is 0 Å². The Morgan fingerprint density at radius 1 is 0.470 bits per heavy atom. The van der Waals surface area contributed by atoms with Gasteiger partial charge in [0.05, 0.1) is 38.5 Å². The van der Waals surface area contributed by atoms with E-state index in [1.807, 2.05) is 13.8 Å². The molecule has 1 aliphatic rings. The minimum Gasteiger partial charge on any atom is -0.508 e. The second kappa shape index (κ2) is 45.4. The van der Waals surface area contributed by atoms with Crippen LogP contribution in [0.25, 0.3) is 10.9 Å². The number of fused-ring (bicyclic) bond motifs is 1. The smallest absolute Gasteiger partial charge is 0.245 e. The van der Waals surface area contributed by atoms with Crippen LogP contribution in [0.15, 0.2) is 115 Å². The van der Waals surface area contributed by atoms with E-state index in [9.17, 15) is 86.9 Å². The highest BCUT2D eigenvalue weighted by molar-refractivity contribution is 6.02. The van der Waals surface area contributed by atoms with E-state index < -0.39 is 212 Å². The highest BCUT2D eigenvalue weighted by Crippen LogP contribution is 2.23. The number of carbonyl (C=O) groups is 16. The largest absolute Gasteiger partial charge is 0.508 e. The lowest BCUT2D eigenvalue weighted by molar-refractivity contribution is -0.141. The molecule has 0 aliphatic carbocycles. The molecule has 1 saturated heterocycles. The number of nitrogens with one attached hydrogen (secondary N) is 12. The number of para-hydroxylation sites is 1. The van der Waals surface area contributed by atoms with Crippen LogP contribution < -0.4 is 92.9 Å². The maximum absolute atomic E-state index is 14.9. The summed E-state index contributed by atoms with van der Waals surface area (Å²) in [4.78, 5) is 226. The maximum atomic E-state index is 14.9. The lowest BCUT2D eigenvalue weighted by Crippen LogP contribution is -2.62. The number of rotatable bonds is 47. The van der Waals surface area contributed by atoms with Gasteiger partial charge in [-0.05, 0) is 104 Å². The molecular formula is C78H107N19O18. The van der Waals surface area contributed by atoms with Gasteiger partial charge in [0, 0.05) is 49.3 Å². The Balaban J connectivity index is 1.20. The summed E-state index contributed by atoms with van der Waals surface area (Å²) in [6, 6.07) is 10.4. The van der Waals surface area contributed by atoms with Crippen LogP contribution in [-0.2, 0) is 102 Å². The third kappa shape index (κ3) is 29.9. The average molecular weight is 1600 g/mol. The molecule has 0 saturated carbocycles.